The van der Waals surface area contributed by atoms with Crippen LogP contribution in [0.4, 0.5) is 0 Å². The molecule has 0 amide bonds. The van der Waals surface area contributed by atoms with Gasteiger partial charge in [-0.05, 0) is 421 Å². The first kappa shape index (κ1) is 96.8. The zero-order valence-electron chi connectivity index (χ0n) is 86.0. The van der Waals surface area contributed by atoms with Gasteiger partial charge in [0, 0.05) is 43.3 Å². The zero-order valence-corrected chi connectivity index (χ0v) is 86.0. The molecule has 1 saturated heterocycles. The molecule has 0 aromatic carbocycles. The van der Waals surface area contributed by atoms with Gasteiger partial charge in [0.25, 0.3) is 0 Å². The smallest absolute Gasteiger partial charge is 0.312 e. The number of Topliss-reactive ketones (excluding diaryl/α,β-unsaturated/α-hetero) is 2. The van der Waals surface area contributed by atoms with E-state index in [1.54, 1.807) is 11.1 Å². The maximum atomic E-state index is 15.3. The van der Waals surface area contributed by atoms with Crippen molar-refractivity contribution >= 4 is 23.5 Å². The Bertz CT molecular complexity index is 3970. The molecule has 19 aliphatic rings. The maximum absolute atomic E-state index is 15.3. The van der Waals surface area contributed by atoms with E-state index in [9.17, 15) is 24.6 Å². The van der Waals surface area contributed by atoms with Crippen LogP contribution >= 0.6 is 0 Å². The number of hydrogen-bond acceptors (Lipinski definition) is 7. The first-order valence-corrected chi connectivity index (χ1v) is 55.3. The van der Waals surface area contributed by atoms with Crippen molar-refractivity contribution in [1.29, 1.82) is 0 Å². The number of ketones is 2. The summed E-state index contributed by atoms with van der Waals surface area (Å²) in [6.07, 6.45) is 58.6. The van der Waals surface area contributed by atoms with Crippen LogP contribution in [0.15, 0.2) is 23.3 Å². The average molecular weight is 1740 g/mol. The number of carbonyl (C=O) groups is 4. The zero-order chi connectivity index (χ0) is 90.8. The second kappa shape index (κ2) is 35.0. The van der Waals surface area contributed by atoms with Crippen molar-refractivity contribution in [3.05, 3.63) is 23.3 Å². The highest BCUT2D eigenvalue weighted by molar-refractivity contribution is 5.86. The lowest BCUT2D eigenvalue weighted by atomic mass is 9.32. The number of allylic oxidation sites excluding steroid dienone is 2. The van der Waals surface area contributed by atoms with E-state index in [-0.39, 0.29) is 72.3 Å². The molecule has 16 saturated carbocycles. The van der Waals surface area contributed by atoms with E-state index in [0.29, 0.717) is 98.8 Å². The molecule has 8 nitrogen and oxygen atoms in total. The van der Waals surface area contributed by atoms with E-state index in [0.717, 1.165) is 181 Å². The van der Waals surface area contributed by atoms with Crippen LogP contribution in [-0.4, -0.2) is 59.1 Å². The molecule has 1 heterocycles. The predicted molar refractivity (Wildman–Crippen MR) is 518 cm³/mol. The summed E-state index contributed by atoms with van der Waals surface area (Å²) in [5.74, 6) is 17.7. The van der Waals surface area contributed by atoms with E-state index in [4.69, 9.17) is 9.47 Å². The Morgan fingerprint density at radius 1 is 0.405 bits per heavy atom. The van der Waals surface area contributed by atoms with E-state index in [1.165, 1.54) is 186 Å². The lowest BCUT2D eigenvalue weighted by Crippen LogP contribution is -2.67. The summed E-state index contributed by atoms with van der Waals surface area (Å²) in [4.78, 5) is 54.3. The van der Waals surface area contributed by atoms with Gasteiger partial charge in [-0.15, -0.1) is 0 Å². The highest BCUT2D eigenvalue weighted by atomic mass is 16.5. The van der Waals surface area contributed by atoms with Gasteiger partial charge < -0.3 is 19.7 Å². The Balaban J connectivity index is 0.000000148. The number of carbonyl (C=O) groups excluding carboxylic acids is 3. The lowest BCUT2D eigenvalue weighted by Gasteiger charge is -2.72. The third-order valence-electron chi connectivity index (χ3n) is 48.6. The molecular formula is C118H194O8. The summed E-state index contributed by atoms with van der Waals surface area (Å²) in [6, 6.07) is 0. The van der Waals surface area contributed by atoms with Crippen LogP contribution in [0.2, 0.25) is 0 Å². The van der Waals surface area contributed by atoms with Gasteiger partial charge in [-0.3, -0.25) is 19.2 Å². The molecule has 126 heavy (non-hydrogen) atoms. The van der Waals surface area contributed by atoms with Crippen LogP contribution in [0.1, 0.15) is 449 Å². The first-order valence-electron chi connectivity index (χ1n) is 55.3. The van der Waals surface area contributed by atoms with E-state index in [1.807, 2.05) is 0 Å². The fourth-order valence-electron chi connectivity index (χ4n) is 41.3. The molecule has 6 unspecified atom stereocenters. The molecule has 0 radical (unpaired) electrons. The molecule has 1 aliphatic heterocycles. The number of ether oxygens (including phenoxy) is 2. The average Bonchev–Trinajstić information content (AvgIpc) is 1.14. The summed E-state index contributed by atoms with van der Waals surface area (Å²) < 4.78 is 12.0. The third-order valence-corrected chi connectivity index (χ3v) is 48.6. The van der Waals surface area contributed by atoms with Crippen LogP contribution in [0.3, 0.4) is 0 Å². The molecule has 0 aromatic rings. The largest absolute Gasteiger partial charge is 0.481 e. The minimum atomic E-state index is -0.506. The van der Waals surface area contributed by atoms with Gasteiger partial charge in [0.05, 0.1) is 16.9 Å². The second-order valence-corrected chi connectivity index (χ2v) is 55.3. The molecule has 8 heteroatoms. The Labute approximate surface area is 772 Å². The monoisotopic (exact) mass is 1740 g/mol. The Morgan fingerprint density at radius 2 is 0.825 bits per heavy atom. The van der Waals surface area contributed by atoms with Crippen molar-refractivity contribution < 1.29 is 38.9 Å². The molecule has 19 rings (SSSR count). The van der Waals surface area contributed by atoms with Crippen molar-refractivity contribution in [1.82, 2.24) is 0 Å². The van der Waals surface area contributed by atoms with Crippen molar-refractivity contribution in [3.8, 4) is 0 Å². The van der Waals surface area contributed by atoms with Crippen LogP contribution < -0.4 is 0 Å². The molecule has 0 spiro atoms. The standard InChI is InChI=1S/C57H92O3.C30H48O3.C27H46O.C4H8O/c1-35(2)14-13-15-37(5)42-18-19-43-41-17-16-38-34-39(22-27-52(38,8)44(41)24-28-53(42,43)9)60-50(59)57-31-23-40(36(3)4)49(57)45-20-21-47-54(10)29-26-48(58)51(6,7)46(54)25-30-56(47,12)55(45,11)32-33-57;1-18(2)19-10-15-30(25(32)33)17-16-28(6)20(24(19)30)8-9-22-27(5)13-12-23(31)26(3,4)21(27)11-14-29(22,28)7;1-18(2)7-6-8-19(3)23-11-12-24-22-10-9-20-17-21(28)13-15-26(20,4)25(22)14-16-27(23,24)5;1-2-4-5-3-1/h16,35-37,39-47,49H,13-15,17-34H2,1-12H3;18-22,24H,8-17H2,1-7H3,(H,32,33);9,18-19,21-25,28H,6-8,10-17H2,1-5H3;1-4H2/t37-,39-,40?,41+,42-,43+,44+,45-,46?,47-,49?,52+,53-,54+,55-,56-,57+;19?,20-,21?,22-,24?,27+,28-,29-,30+;19-,21+,22+,23-,24+,25+,26+,27-;/m111./s1. The van der Waals surface area contributed by atoms with Gasteiger partial charge in [0.1, 0.15) is 17.7 Å². The fraction of sp³-hybridized carbons (Fsp3) is 0.932. The van der Waals surface area contributed by atoms with Crippen LogP contribution in [0.25, 0.3) is 0 Å². The maximum Gasteiger partial charge on any atom is 0.312 e. The molecule has 714 valence electrons. The Hall–Kier alpha value is -2.32. The molecule has 17 fully saturated rings. The molecule has 2 N–H and O–H groups in total. The summed E-state index contributed by atoms with van der Waals surface area (Å²) in [5, 5.41) is 20.7. The summed E-state index contributed by atoms with van der Waals surface area (Å²) >= 11 is 0. The number of carboxylic acid groups (broad SMARTS) is 1. The predicted octanol–water partition coefficient (Wildman–Crippen LogP) is 30.8. The number of fused-ring (bicyclic) bond motifs is 24. The number of aliphatic carboxylic acids is 1. The van der Waals surface area contributed by atoms with Gasteiger partial charge in [-0.25, -0.2) is 0 Å². The molecule has 18 aliphatic carbocycles. The van der Waals surface area contributed by atoms with E-state index >= 15 is 4.79 Å². The molecule has 0 bridgehead atoms. The molecule has 34 atom stereocenters. The van der Waals surface area contributed by atoms with Gasteiger partial charge in [-0.1, -0.05) is 228 Å². The quantitative estimate of drug-likeness (QED) is 0.123. The van der Waals surface area contributed by atoms with Crippen LogP contribution in [0, 0.1) is 218 Å². The SMILES string of the molecule is C1CCOC1.CC(C)C1CC[C@]2(C(=O)O)CC[C@]3(C)[C@H](CC[C@@H]4[C@@]5(C)CCC(=O)C(C)(C)C5CC[C@]43C)C12.CC(C)CCC[C@@H](C)[C@H]1CC[C@H]2[C@@H]3CC=C4C[C@@H](O)CC[C@]4(C)[C@H]3CC[C@]12C.CC(C)CCC[C@@H](C)[C@H]1CC[C@H]2[C@@H]3CC=C4C[C@H](OC(=O)[C@]56CCC(C(C)C)C5[C@H]5CC[C@@H]7[C@@]8(C)CCC(=O)C(C)(C)C8CC[C@@]7(C)[C@]5(C)CC6)CC[C@]4(C)[C@H]3CC[C@]12C. The summed E-state index contributed by atoms with van der Waals surface area (Å²) in [5.41, 5.74) is 5.23. The van der Waals surface area contributed by atoms with Crippen LogP contribution in [-0.2, 0) is 28.7 Å². The number of aliphatic hydroxyl groups is 1. The minimum absolute atomic E-state index is 0.0482. The highest BCUT2D eigenvalue weighted by Crippen LogP contribution is 2.81. The van der Waals surface area contributed by atoms with E-state index < -0.39 is 11.4 Å². The van der Waals surface area contributed by atoms with Gasteiger partial charge in [0.15, 0.2) is 0 Å². The second-order valence-electron chi connectivity index (χ2n) is 55.3. The van der Waals surface area contributed by atoms with Crippen molar-refractivity contribution in [2.24, 2.45) is 218 Å². The topological polar surface area (TPSA) is 127 Å². The Morgan fingerprint density at radius 3 is 1.25 bits per heavy atom. The number of carboxylic acids is 1. The lowest BCUT2D eigenvalue weighted by molar-refractivity contribution is -0.238. The van der Waals surface area contributed by atoms with Gasteiger partial charge in [-0.2, -0.15) is 0 Å². The van der Waals surface area contributed by atoms with E-state index in [2.05, 4.69) is 178 Å². The normalized spacial score (nSPS) is 49.5. The fourth-order valence-corrected chi connectivity index (χ4v) is 41.3. The number of aliphatic hydroxyl groups excluding tert-OH is 1. The number of hydrogen-bond donors (Lipinski definition) is 2. The van der Waals surface area contributed by atoms with Crippen molar-refractivity contribution in [2.75, 3.05) is 13.2 Å². The third kappa shape index (κ3) is 15.3. The van der Waals surface area contributed by atoms with Gasteiger partial charge in [0.2, 0.25) is 0 Å². The van der Waals surface area contributed by atoms with Crippen molar-refractivity contribution in [3.63, 3.8) is 0 Å². The number of rotatable bonds is 15. The summed E-state index contributed by atoms with van der Waals surface area (Å²) in [6.45, 7) is 61.6. The Kier molecular flexibility index (Phi) is 26.9. The summed E-state index contributed by atoms with van der Waals surface area (Å²) in [7, 11) is 0. The van der Waals surface area contributed by atoms with Crippen molar-refractivity contribution in [2.45, 2.75) is 461 Å². The van der Waals surface area contributed by atoms with Crippen LogP contribution in [0.5, 0.6) is 0 Å². The first-order chi connectivity index (χ1) is 59.2. The molecular weight excluding hydrogens is 1550 g/mol. The number of esters is 1. The minimum Gasteiger partial charge on any atom is -0.481 e. The highest BCUT2D eigenvalue weighted by Gasteiger charge is 2.76. The van der Waals surface area contributed by atoms with Gasteiger partial charge >= 0.3 is 11.9 Å². The molecule has 0 aromatic heterocycles.